The van der Waals surface area contributed by atoms with Gasteiger partial charge in [0.15, 0.2) is 0 Å². The van der Waals surface area contributed by atoms with Crippen LogP contribution < -0.4 is 4.72 Å². The van der Waals surface area contributed by atoms with Crippen LogP contribution in [0.1, 0.15) is 50.5 Å². The van der Waals surface area contributed by atoms with Gasteiger partial charge < -0.3 is 4.74 Å². The number of sulfonamides is 1. The van der Waals surface area contributed by atoms with Crippen molar-refractivity contribution in [3.05, 3.63) is 35.6 Å². The van der Waals surface area contributed by atoms with Crippen molar-refractivity contribution < 1.29 is 17.5 Å². The molecular weight excluding hydrogens is 341 g/mol. The third-order valence-electron chi connectivity index (χ3n) is 5.67. The molecule has 1 N–H and O–H groups in total. The molecule has 4 nitrogen and oxygen atoms in total. The maximum Gasteiger partial charge on any atom is 0.211 e. The molecule has 1 heterocycles. The molecule has 6 heteroatoms. The van der Waals surface area contributed by atoms with Gasteiger partial charge in [0, 0.05) is 25.2 Å². The Morgan fingerprint density at radius 1 is 1.16 bits per heavy atom. The van der Waals surface area contributed by atoms with Gasteiger partial charge in [0.2, 0.25) is 10.0 Å². The Morgan fingerprint density at radius 3 is 2.56 bits per heavy atom. The second-order valence-corrected chi connectivity index (χ2v) is 9.36. The van der Waals surface area contributed by atoms with Crippen LogP contribution in [0.4, 0.5) is 4.39 Å². The van der Waals surface area contributed by atoms with Gasteiger partial charge in [-0.2, -0.15) is 0 Å². The van der Waals surface area contributed by atoms with Crippen molar-refractivity contribution in [2.24, 2.45) is 5.92 Å². The van der Waals surface area contributed by atoms with Gasteiger partial charge in [0.05, 0.1) is 5.75 Å². The molecule has 1 saturated carbocycles. The zero-order valence-corrected chi connectivity index (χ0v) is 15.5. The summed E-state index contributed by atoms with van der Waals surface area (Å²) < 4.78 is 47.0. The fraction of sp³-hybridized carbons (Fsp3) is 0.684. The van der Waals surface area contributed by atoms with Gasteiger partial charge in [-0.1, -0.05) is 31.4 Å². The molecule has 3 rings (SSSR count). The van der Waals surface area contributed by atoms with Crippen LogP contribution >= 0.6 is 0 Å². The first-order chi connectivity index (χ1) is 12.0. The summed E-state index contributed by atoms with van der Waals surface area (Å²) in [6.45, 7) is 1.66. The van der Waals surface area contributed by atoms with Crippen LogP contribution in [0.3, 0.4) is 0 Å². The lowest BCUT2D eigenvalue weighted by Crippen LogP contribution is -2.43. The molecule has 1 aliphatic heterocycles. The summed E-state index contributed by atoms with van der Waals surface area (Å²) in [5, 5.41) is 0. The quantitative estimate of drug-likeness (QED) is 0.836. The third-order valence-corrected chi connectivity index (χ3v) is 7.17. The summed E-state index contributed by atoms with van der Waals surface area (Å²) in [5.74, 6) is 0.0745. The van der Waals surface area contributed by atoms with E-state index in [-0.39, 0.29) is 22.9 Å². The highest BCUT2D eigenvalue weighted by atomic mass is 32.2. The molecule has 1 aliphatic carbocycles. The van der Waals surface area contributed by atoms with Crippen LogP contribution in [0.2, 0.25) is 0 Å². The van der Waals surface area contributed by atoms with Gasteiger partial charge >= 0.3 is 0 Å². The smallest absolute Gasteiger partial charge is 0.211 e. The van der Waals surface area contributed by atoms with E-state index in [2.05, 4.69) is 4.72 Å². The topological polar surface area (TPSA) is 55.4 Å². The van der Waals surface area contributed by atoms with Crippen LogP contribution in [-0.2, 0) is 20.2 Å². The van der Waals surface area contributed by atoms with E-state index < -0.39 is 10.0 Å². The molecule has 0 aromatic heterocycles. The minimum absolute atomic E-state index is 0.162. The summed E-state index contributed by atoms with van der Waals surface area (Å²) in [5.41, 5.74) is 0.629. The van der Waals surface area contributed by atoms with Gasteiger partial charge in [-0.25, -0.2) is 17.5 Å². The van der Waals surface area contributed by atoms with Crippen molar-refractivity contribution >= 4 is 10.0 Å². The van der Waals surface area contributed by atoms with Gasteiger partial charge in [-0.15, -0.1) is 0 Å². The van der Waals surface area contributed by atoms with E-state index in [0.29, 0.717) is 19.8 Å². The van der Waals surface area contributed by atoms with Gasteiger partial charge in [-0.3, -0.25) is 0 Å². The second-order valence-electron chi connectivity index (χ2n) is 7.51. The molecule has 0 atom stereocenters. The molecule has 2 aliphatic rings. The summed E-state index contributed by atoms with van der Waals surface area (Å²) in [6, 6.07) is 6.66. The number of hydrogen-bond donors (Lipinski definition) is 1. The molecule has 2 fully saturated rings. The molecule has 0 unspecified atom stereocenters. The zero-order valence-electron chi connectivity index (χ0n) is 14.7. The predicted molar refractivity (Wildman–Crippen MR) is 96.5 cm³/mol. The summed E-state index contributed by atoms with van der Waals surface area (Å²) in [4.78, 5) is 0. The number of halogens is 1. The first-order valence-electron chi connectivity index (χ1n) is 9.30. The Hall–Kier alpha value is -0.980. The second kappa shape index (κ2) is 8.14. The maximum absolute atomic E-state index is 13.7. The van der Waals surface area contributed by atoms with Crippen molar-refractivity contribution in [2.75, 3.05) is 25.5 Å². The van der Waals surface area contributed by atoms with E-state index in [1.807, 2.05) is 6.07 Å². The molecule has 1 aromatic carbocycles. The molecule has 0 amide bonds. The predicted octanol–water partition coefficient (Wildman–Crippen LogP) is 3.37. The first-order valence-corrected chi connectivity index (χ1v) is 11.0. The van der Waals surface area contributed by atoms with Gasteiger partial charge in [0.25, 0.3) is 0 Å². The summed E-state index contributed by atoms with van der Waals surface area (Å²) in [7, 11) is -3.34. The molecule has 0 bridgehead atoms. The Balaban J connectivity index is 1.70. The minimum Gasteiger partial charge on any atom is -0.381 e. The van der Waals surface area contributed by atoms with Crippen molar-refractivity contribution in [1.82, 2.24) is 4.72 Å². The average molecular weight is 370 g/mol. The highest BCUT2D eigenvalue weighted by Gasteiger charge is 2.35. The monoisotopic (exact) mass is 369 g/mol. The van der Waals surface area contributed by atoms with Crippen molar-refractivity contribution in [3.8, 4) is 0 Å². The maximum atomic E-state index is 13.7. The Kier molecular flexibility index (Phi) is 6.12. The normalized spacial score (nSPS) is 22.0. The fourth-order valence-electron chi connectivity index (χ4n) is 4.14. The standard InChI is InChI=1S/C19H28FNO3S/c20-18-6-4-5-17(13-18)19(9-2-1-3-10-19)15-21-25(22,23)14-16-7-11-24-12-8-16/h4-6,13,16,21H,1-3,7-12,14-15H2. The molecule has 25 heavy (non-hydrogen) atoms. The van der Waals surface area contributed by atoms with Crippen LogP contribution in [0, 0.1) is 11.7 Å². The van der Waals surface area contributed by atoms with Crippen LogP contribution in [-0.4, -0.2) is 33.9 Å². The average Bonchev–Trinajstić information content (AvgIpc) is 2.61. The van der Waals surface area contributed by atoms with Crippen LogP contribution in [0.25, 0.3) is 0 Å². The molecule has 1 aromatic rings. The van der Waals surface area contributed by atoms with E-state index in [4.69, 9.17) is 4.74 Å². The Bertz CT molecular complexity index is 665. The molecule has 140 valence electrons. The van der Waals surface area contributed by atoms with E-state index in [0.717, 1.165) is 50.5 Å². The van der Waals surface area contributed by atoms with E-state index in [1.165, 1.54) is 6.07 Å². The lowest BCUT2D eigenvalue weighted by Gasteiger charge is -2.38. The van der Waals surface area contributed by atoms with Crippen molar-refractivity contribution in [3.63, 3.8) is 0 Å². The largest absolute Gasteiger partial charge is 0.381 e. The first kappa shape index (κ1) is 18.8. The minimum atomic E-state index is -3.34. The molecule has 0 radical (unpaired) electrons. The summed E-state index contributed by atoms with van der Waals surface area (Å²) >= 11 is 0. The highest BCUT2D eigenvalue weighted by Crippen LogP contribution is 2.39. The van der Waals surface area contributed by atoms with Crippen molar-refractivity contribution in [1.29, 1.82) is 0 Å². The van der Waals surface area contributed by atoms with Gasteiger partial charge in [-0.05, 0) is 49.3 Å². The lowest BCUT2D eigenvalue weighted by atomic mass is 9.69. The number of nitrogens with one attached hydrogen (secondary N) is 1. The molecule has 1 saturated heterocycles. The number of benzene rings is 1. The summed E-state index contributed by atoms with van der Waals surface area (Å²) in [6.07, 6.45) is 6.67. The fourth-order valence-corrected chi connectivity index (χ4v) is 5.71. The highest BCUT2D eigenvalue weighted by molar-refractivity contribution is 7.89. The Morgan fingerprint density at radius 2 is 1.88 bits per heavy atom. The van der Waals surface area contributed by atoms with E-state index in [1.54, 1.807) is 12.1 Å². The third kappa shape index (κ3) is 5.02. The van der Waals surface area contributed by atoms with Crippen LogP contribution in [0.15, 0.2) is 24.3 Å². The number of ether oxygens (including phenoxy) is 1. The number of rotatable bonds is 6. The Labute approximate surface area is 150 Å². The van der Waals surface area contributed by atoms with Crippen LogP contribution in [0.5, 0.6) is 0 Å². The van der Waals surface area contributed by atoms with Crippen molar-refractivity contribution in [2.45, 2.75) is 50.4 Å². The SMILES string of the molecule is O=S(=O)(CC1CCOCC1)NCC1(c2cccc(F)c2)CCCCC1. The van der Waals surface area contributed by atoms with Gasteiger partial charge in [0.1, 0.15) is 5.82 Å². The zero-order chi connectivity index (χ0) is 17.8. The molecular formula is C19H28FNO3S. The molecule has 0 spiro atoms. The number of hydrogen-bond acceptors (Lipinski definition) is 3. The van der Waals surface area contributed by atoms with E-state index in [9.17, 15) is 12.8 Å². The lowest BCUT2D eigenvalue weighted by molar-refractivity contribution is 0.0723. The van der Waals surface area contributed by atoms with E-state index >= 15 is 0 Å².